The Morgan fingerprint density at radius 1 is 1.21 bits per heavy atom. The third-order valence-corrected chi connectivity index (χ3v) is 5.07. The minimum Gasteiger partial charge on any atom is -0.497 e. The van der Waals surface area contributed by atoms with Gasteiger partial charge < -0.3 is 14.1 Å². The smallest absolute Gasteiger partial charge is 0.277 e. The number of ether oxygens (including phenoxy) is 1. The van der Waals surface area contributed by atoms with E-state index in [1.807, 2.05) is 54.6 Å². The molecule has 0 aliphatic carbocycles. The van der Waals surface area contributed by atoms with Gasteiger partial charge >= 0.3 is 0 Å². The van der Waals surface area contributed by atoms with Crippen LogP contribution < -0.4 is 9.64 Å². The van der Waals surface area contributed by atoms with Crippen molar-refractivity contribution in [3.05, 3.63) is 54.6 Å². The van der Waals surface area contributed by atoms with Crippen LogP contribution in [-0.2, 0) is 4.79 Å². The minimum absolute atomic E-state index is 0.124. The number of carbonyl (C=O) groups excluding carboxylic acids is 1. The summed E-state index contributed by atoms with van der Waals surface area (Å²) in [7, 11) is 1.60. The Morgan fingerprint density at radius 2 is 1.93 bits per heavy atom. The molecule has 2 aromatic carbocycles. The number of aromatic nitrogens is 2. The van der Waals surface area contributed by atoms with Gasteiger partial charge in [-0.25, -0.2) is 0 Å². The monoisotopic (exact) mass is 408 g/mol. The highest BCUT2D eigenvalue weighted by atomic mass is 32.2. The zero-order chi connectivity index (χ0) is 20.6. The molecule has 0 radical (unpaired) electrons. The zero-order valence-electron chi connectivity index (χ0n) is 16.1. The van der Waals surface area contributed by atoms with Gasteiger partial charge in [0.1, 0.15) is 5.75 Å². The van der Waals surface area contributed by atoms with E-state index in [2.05, 4.69) is 16.3 Å². The number of hydrogen-bond acceptors (Lipinski definition) is 7. The van der Waals surface area contributed by atoms with Crippen LogP contribution in [0, 0.1) is 11.3 Å². The first kappa shape index (κ1) is 20.4. The molecule has 0 N–H and O–H groups in total. The molecule has 8 heteroatoms. The number of nitriles is 1. The topological polar surface area (TPSA) is 92.3 Å². The number of amides is 1. The SMILES string of the molecule is COc1ccc(-c2nnc(S[C@H](C)C(=O)N(CCC#N)c3ccccc3)o2)cc1. The summed E-state index contributed by atoms with van der Waals surface area (Å²) in [6, 6.07) is 18.7. The molecule has 3 rings (SSSR count). The van der Waals surface area contributed by atoms with E-state index in [1.165, 1.54) is 11.8 Å². The van der Waals surface area contributed by atoms with Gasteiger partial charge in [0.25, 0.3) is 5.22 Å². The number of thioether (sulfide) groups is 1. The lowest BCUT2D eigenvalue weighted by molar-refractivity contribution is -0.117. The molecule has 7 nitrogen and oxygen atoms in total. The Hall–Kier alpha value is -3.31. The molecule has 1 aromatic heterocycles. The second kappa shape index (κ2) is 9.75. The minimum atomic E-state index is -0.460. The maximum Gasteiger partial charge on any atom is 0.277 e. The van der Waals surface area contributed by atoms with Gasteiger partial charge in [0.05, 0.1) is 24.8 Å². The third-order valence-electron chi connectivity index (χ3n) is 4.15. The van der Waals surface area contributed by atoms with Crippen molar-refractivity contribution in [1.29, 1.82) is 5.26 Å². The van der Waals surface area contributed by atoms with Gasteiger partial charge in [0, 0.05) is 17.8 Å². The molecule has 1 heterocycles. The van der Waals surface area contributed by atoms with E-state index in [4.69, 9.17) is 14.4 Å². The molecular weight excluding hydrogens is 388 g/mol. The summed E-state index contributed by atoms with van der Waals surface area (Å²) in [5.41, 5.74) is 1.52. The van der Waals surface area contributed by atoms with Crippen molar-refractivity contribution in [3.8, 4) is 23.3 Å². The van der Waals surface area contributed by atoms with Gasteiger partial charge in [-0.3, -0.25) is 4.79 Å². The number of para-hydroxylation sites is 1. The number of rotatable bonds is 8. The van der Waals surface area contributed by atoms with Gasteiger partial charge in [-0.05, 0) is 43.3 Å². The van der Waals surface area contributed by atoms with Crippen LogP contribution in [0.1, 0.15) is 13.3 Å². The van der Waals surface area contributed by atoms with Crippen LogP contribution in [0.3, 0.4) is 0 Å². The van der Waals surface area contributed by atoms with E-state index in [-0.39, 0.29) is 12.3 Å². The van der Waals surface area contributed by atoms with E-state index in [0.29, 0.717) is 17.7 Å². The molecule has 0 saturated heterocycles. The predicted octanol–water partition coefficient (Wildman–Crippen LogP) is 4.17. The summed E-state index contributed by atoms with van der Waals surface area (Å²) in [4.78, 5) is 14.6. The fourth-order valence-corrected chi connectivity index (χ4v) is 3.41. The normalized spacial score (nSPS) is 11.5. The lowest BCUT2D eigenvalue weighted by Crippen LogP contribution is -2.37. The highest BCUT2D eigenvalue weighted by molar-refractivity contribution is 8.00. The molecule has 3 aromatic rings. The predicted molar refractivity (Wildman–Crippen MR) is 111 cm³/mol. The molecule has 29 heavy (non-hydrogen) atoms. The lowest BCUT2D eigenvalue weighted by atomic mass is 10.2. The van der Waals surface area contributed by atoms with E-state index >= 15 is 0 Å². The molecular formula is C21H20N4O3S. The molecule has 0 saturated carbocycles. The van der Waals surface area contributed by atoms with Crippen LogP contribution in [0.2, 0.25) is 0 Å². The fourth-order valence-electron chi connectivity index (χ4n) is 2.67. The second-order valence-electron chi connectivity index (χ2n) is 6.10. The lowest BCUT2D eigenvalue weighted by Gasteiger charge is -2.24. The molecule has 1 atom stereocenters. The standard InChI is InChI=1S/C21H20N4O3S/c1-15(20(26)25(14-6-13-22)17-7-4-3-5-8-17)29-21-24-23-19(28-21)16-9-11-18(27-2)12-10-16/h3-5,7-12,15H,6,14H2,1-2H3/t15-/m1/s1. The Kier molecular flexibility index (Phi) is 6.87. The average Bonchev–Trinajstić information content (AvgIpc) is 3.23. The van der Waals surface area contributed by atoms with Crippen molar-refractivity contribution in [2.24, 2.45) is 0 Å². The van der Waals surface area contributed by atoms with E-state index in [0.717, 1.165) is 17.0 Å². The van der Waals surface area contributed by atoms with Crippen molar-refractivity contribution >= 4 is 23.4 Å². The molecule has 1 amide bonds. The maximum absolute atomic E-state index is 13.0. The molecule has 0 spiro atoms. The molecule has 0 aliphatic rings. The number of methoxy groups -OCH3 is 1. The Morgan fingerprint density at radius 3 is 2.59 bits per heavy atom. The van der Waals surface area contributed by atoms with Gasteiger partial charge in [-0.15, -0.1) is 10.2 Å². The van der Waals surface area contributed by atoms with Crippen molar-refractivity contribution in [2.45, 2.75) is 23.8 Å². The summed E-state index contributed by atoms with van der Waals surface area (Å²) in [6.07, 6.45) is 0.250. The highest BCUT2D eigenvalue weighted by Crippen LogP contribution is 2.29. The molecule has 0 aliphatic heterocycles. The van der Waals surface area contributed by atoms with Crippen LogP contribution in [0.4, 0.5) is 5.69 Å². The van der Waals surface area contributed by atoms with Gasteiger partial charge in [-0.2, -0.15) is 5.26 Å². The number of carbonyl (C=O) groups is 1. The largest absolute Gasteiger partial charge is 0.497 e. The van der Waals surface area contributed by atoms with Crippen molar-refractivity contribution < 1.29 is 13.9 Å². The second-order valence-corrected chi connectivity index (χ2v) is 7.39. The maximum atomic E-state index is 13.0. The third kappa shape index (κ3) is 5.15. The quantitative estimate of drug-likeness (QED) is 0.516. The average molecular weight is 408 g/mol. The number of hydrogen-bond donors (Lipinski definition) is 0. The summed E-state index contributed by atoms with van der Waals surface area (Å²) < 4.78 is 10.9. The van der Waals surface area contributed by atoms with Crippen LogP contribution in [0.15, 0.2) is 64.2 Å². The Balaban J connectivity index is 1.71. The zero-order valence-corrected chi connectivity index (χ0v) is 16.9. The van der Waals surface area contributed by atoms with E-state index in [9.17, 15) is 4.79 Å². The van der Waals surface area contributed by atoms with Gasteiger partial charge in [-0.1, -0.05) is 30.0 Å². The van der Waals surface area contributed by atoms with Gasteiger partial charge in [0.2, 0.25) is 11.8 Å². The van der Waals surface area contributed by atoms with Crippen LogP contribution in [-0.4, -0.2) is 35.0 Å². The Bertz CT molecular complexity index is 983. The number of benzene rings is 2. The summed E-state index contributed by atoms with van der Waals surface area (Å²) >= 11 is 1.19. The Labute approximate surface area is 173 Å². The number of nitrogens with zero attached hydrogens (tertiary/aromatic N) is 4. The van der Waals surface area contributed by atoms with Crippen molar-refractivity contribution in [1.82, 2.24) is 10.2 Å². The summed E-state index contributed by atoms with van der Waals surface area (Å²) in [5.74, 6) is 0.986. The first-order valence-corrected chi connectivity index (χ1v) is 9.88. The molecule has 0 unspecified atom stereocenters. The van der Waals surface area contributed by atoms with E-state index in [1.54, 1.807) is 18.9 Å². The van der Waals surface area contributed by atoms with Crippen LogP contribution in [0.5, 0.6) is 5.75 Å². The first-order chi connectivity index (χ1) is 14.1. The molecule has 0 bridgehead atoms. The van der Waals surface area contributed by atoms with Gasteiger partial charge in [0.15, 0.2) is 0 Å². The molecule has 0 fully saturated rings. The van der Waals surface area contributed by atoms with Crippen LogP contribution in [0.25, 0.3) is 11.5 Å². The van der Waals surface area contributed by atoms with Crippen molar-refractivity contribution in [2.75, 3.05) is 18.6 Å². The summed E-state index contributed by atoms with van der Waals surface area (Å²) in [5, 5.41) is 16.9. The van der Waals surface area contributed by atoms with E-state index < -0.39 is 5.25 Å². The fraction of sp³-hybridized carbons (Fsp3) is 0.238. The highest BCUT2D eigenvalue weighted by Gasteiger charge is 2.25. The molecule has 148 valence electrons. The summed E-state index contributed by atoms with van der Waals surface area (Å²) in [6.45, 7) is 2.11. The van der Waals surface area contributed by atoms with Crippen LogP contribution >= 0.6 is 11.8 Å². The first-order valence-electron chi connectivity index (χ1n) is 9.00. The van der Waals surface area contributed by atoms with Crippen molar-refractivity contribution in [3.63, 3.8) is 0 Å². The number of anilines is 1.